The van der Waals surface area contributed by atoms with Crippen LogP contribution in [0.1, 0.15) is 85.2 Å². The minimum absolute atomic E-state index is 0.0431. The summed E-state index contributed by atoms with van der Waals surface area (Å²) in [5, 5.41) is 15.4. The number of hydrogen-bond acceptors (Lipinski definition) is 11. The van der Waals surface area contributed by atoms with E-state index in [1.165, 1.54) is 11.3 Å². The summed E-state index contributed by atoms with van der Waals surface area (Å²) in [6.45, 7) is 5.81. The van der Waals surface area contributed by atoms with Gasteiger partial charge < -0.3 is 24.8 Å². The minimum Gasteiger partial charge on any atom is -0.389 e. The molecule has 2 N–H and O–H groups in total. The zero-order valence-electron chi connectivity index (χ0n) is 26.4. The zero-order chi connectivity index (χ0) is 31.3. The summed E-state index contributed by atoms with van der Waals surface area (Å²) in [5.74, 6) is 2.13. The Bertz CT molecular complexity index is 1970. The van der Waals surface area contributed by atoms with Crippen LogP contribution in [0, 0.1) is 11.3 Å². The Balaban J connectivity index is 1.24. The van der Waals surface area contributed by atoms with Crippen molar-refractivity contribution >= 4 is 33.3 Å². The molecule has 2 fully saturated rings. The molecule has 0 amide bonds. The van der Waals surface area contributed by atoms with E-state index in [-0.39, 0.29) is 17.8 Å². The smallest absolute Gasteiger partial charge is 0.330 e. The van der Waals surface area contributed by atoms with Crippen molar-refractivity contribution in [1.82, 2.24) is 29.2 Å². The number of ether oxygens (including phenoxy) is 1. The molecule has 4 aromatic rings. The number of nitriles is 1. The molecule has 12 nitrogen and oxygen atoms in total. The van der Waals surface area contributed by atoms with Crippen molar-refractivity contribution < 1.29 is 9.26 Å². The van der Waals surface area contributed by atoms with Gasteiger partial charge in [0.25, 0.3) is 0 Å². The Kier molecular flexibility index (Phi) is 6.43. The van der Waals surface area contributed by atoms with Gasteiger partial charge in [-0.15, -0.1) is 11.3 Å². The summed E-state index contributed by atoms with van der Waals surface area (Å²) in [6, 6.07) is 2.96. The summed E-state index contributed by atoms with van der Waals surface area (Å²) in [7, 11) is 2.21. The molecule has 0 radical (unpaired) electrons. The van der Waals surface area contributed by atoms with Gasteiger partial charge in [0.2, 0.25) is 0 Å². The normalized spacial score (nSPS) is 26.5. The molecule has 0 saturated carbocycles. The van der Waals surface area contributed by atoms with Crippen LogP contribution in [-0.2, 0) is 29.5 Å². The maximum atomic E-state index is 14.0. The predicted octanol–water partition coefficient (Wildman–Crippen LogP) is 3.99. The van der Waals surface area contributed by atoms with E-state index in [0.29, 0.717) is 60.1 Å². The highest BCUT2D eigenvalue weighted by atomic mass is 32.1. The molecule has 3 aliphatic heterocycles. The molecule has 2 saturated heterocycles. The largest absolute Gasteiger partial charge is 0.389 e. The van der Waals surface area contributed by atoms with Crippen molar-refractivity contribution in [1.29, 1.82) is 5.26 Å². The molecule has 5 aliphatic rings. The molecule has 240 valence electrons. The molecule has 2 aliphatic carbocycles. The molecule has 9 rings (SSSR count). The first-order valence-corrected chi connectivity index (χ1v) is 17.6. The molecule has 4 atom stereocenters. The van der Waals surface area contributed by atoms with Crippen LogP contribution in [0.3, 0.4) is 0 Å². The molecular formula is C33H39N9O3S. The van der Waals surface area contributed by atoms with E-state index in [0.717, 1.165) is 86.1 Å². The van der Waals surface area contributed by atoms with Crippen molar-refractivity contribution in [3.63, 3.8) is 0 Å². The predicted molar refractivity (Wildman–Crippen MR) is 174 cm³/mol. The third kappa shape index (κ3) is 3.83. The summed E-state index contributed by atoms with van der Waals surface area (Å²) < 4.78 is 15.8. The molecule has 0 aromatic carbocycles. The second-order valence-corrected chi connectivity index (χ2v) is 15.0. The molecule has 7 heterocycles. The number of thiophene rings is 1. The molecule has 0 bridgehead atoms. The number of nitrogens with zero attached hydrogens (tertiary/aromatic N) is 8. The van der Waals surface area contributed by atoms with Gasteiger partial charge in [0.15, 0.2) is 28.7 Å². The summed E-state index contributed by atoms with van der Waals surface area (Å²) >= 11 is 1.54. The van der Waals surface area contributed by atoms with Crippen LogP contribution < -0.4 is 16.3 Å². The molecule has 4 aromatic heterocycles. The topological polar surface area (TPSA) is 144 Å². The summed E-state index contributed by atoms with van der Waals surface area (Å²) in [4.78, 5) is 30.5. The number of anilines is 2. The van der Waals surface area contributed by atoms with Crippen molar-refractivity contribution in [2.45, 2.75) is 94.8 Å². The zero-order valence-corrected chi connectivity index (χ0v) is 27.2. The van der Waals surface area contributed by atoms with Gasteiger partial charge in [0.1, 0.15) is 16.6 Å². The molecule has 46 heavy (non-hydrogen) atoms. The van der Waals surface area contributed by atoms with Gasteiger partial charge >= 0.3 is 5.69 Å². The number of imidazole rings is 1. The van der Waals surface area contributed by atoms with Gasteiger partial charge in [0, 0.05) is 42.2 Å². The molecule has 13 heteroatoms. The molecule has 1 spiro atoms. The number of aryl methyl sites for hydroxylation is 1. The van der Waals surface area contributed by atoms with Crippen molar-refractivity contribution in [3.8, 4) is 17.6 Å². The number of likely N-dealkylation sites (tertiary alicyclic amines) is 1. The Labute approximate surface area is 270 Å². The van der Waals surface area contributed by atoms with Crippen LogP contribution >= 0.6 is 11.3 Å². The number of nitrogen functional groups attached to an aromatic ring is 1. The first-order chi connectivity index (χ1) is 22.4. The van der Waals surface area contributed by atoms with E-state index in [1.54, 1.807) is 11.3 Å². The van der Waals surface area contributed by atoms with Crippen molar-refractivity contribution in [2.75, 3.05) is 44.0 Å². The van der Waals surface area contributed by atoms with Crippen LogP contribution in [-0.4, -0.2) is 74.6 Å². The van der Waals surface area contributed by atoms with Gasteiger partial charge in [0.05, 0.1) is 23.6 Å². The van der Waals surface area contributed by atoms with Gasteiger partial charge in [-0.1, -0.05) is 5.16 Å². The molecule has 0 unspecified atom stereocenters. The van der Waals surface area contributed by atoms with Gasteiger partial charge in [-0.2, -0.15) is 5.26 Å². The monoisotopic (exact) mass is 641 g/mol. The van der Waals surface area contributed by atoms with E-state index in [9.17, 15) is 10.1 Å². The van der Waals surface area contributed by atoms with E-state index >= 15 is 0 Å². The average molecular weight is 642 g/mol. The van der Waals surface area contributed by atoms with E-state index < -0.39 is 5.41 Å². The van der Waals surface area contributed by atoms with E-state index in [1.807, 2.05) is 9.13 Å². The number of likely N-dealkylation sites (N-methyl/N-ethyl adjacent to an activating group) is 1. The quantitative estimate of drug-likeness (QED) is 0.347. The van der Waals surface area contributed by atoms with Crippen LogP contribution in [0.2, 0.25) is 0 Å². The molecular weight excluding hydrogens is 602 g/mol. The Hall–Kier alpha value is -3.73. The van der Waals surface area contributed by atoms with Crippen LogP contribution in [0.4, 0.5) is 10.8 Å². The van der Waals surface area contributed by atoms with E-state index in [2.05, 4.69) is 29.8 Å². The Morgan fingerprint density at radius 2 is 1.98 bits per heavy atom. The third-order valence-electron chi connectivity index (χ3n) is 11.6. The lowest BCUT2D eigenvalue weighted by Gasteiger charge is -2.39. The SMILES string of the molecule is C[C@@H]([C@@H]1CCCN1C)N1CCn2c(=O)n([C@@H]3CCOC3)c3nc(-c4noc5c4CCC[C@@]54CCCc5sc(N)c(C#N)c54)nc1c32. The number of aromatic nitrogens is 5. The van der Waals surface area contributed by atoms with Crippen LogP contribution in [0.15, 0.2) is 9.32 Å². The fourth-order valence-electron chi connectivity index (χ4n) is 9.41. The van der Waals surface area contributed by atoms with Crippen LogP contribution in [0.5, 0.6) is 0 Å². The van der Waals surface area contributed by atoms with Gasteiger partial charge in [-0.3, -0.25) is 9.13 Å². The lowest BCUT2D eigenvalue weighted by Crippen LogP contribution is -2.50. The maximum absolute atomic E-state index is 14.0. The number of nitrogens with two attached hydrogens (primary N) is 1. The fourth-order valence-corrected chi connectivity index (χ4v) is 10.6. The number of rotatable bonds is 4. The fraction of sp³-hybridized carbons (Fsp3) is 0.606. The Morgan fingerprint density at radius 1 is 1.13 bits per heavy atom. The van der Waals surface area contributed by atoms with Crippen molar-refractivity contribution in [3.05, 3.63) is 37.8 Å². The lowest BCUT2D eigenvalue weighted by molar-refractivity contribution is 0.186. The highest BCUT2D eigenvalue weighted by Crippen LogP contribution is 2.55. The third-order valence-corrected chi connectivity index (χ3v) is 12.7. The first kappa shape index (κ1) is 28.5. The first-order valence-electron chi connectivity index (χ1n) is 16.8. The second-order valence-electron chi connectivity index (χ2n) is 13.9. The highest BCUT2D eigenvalue weighted by Gasteiger charge is 2.49. The summed E-state index contributed by atoms with van der Waals surface area (Å²) in [5.41, 5.74) is 10.7. The second kappa shape index (κ2) is 10.4. The van der Waals surface area contributed by atoms with E-state index in [4.69, 9.17) is 30.1 Å². The number of fused-ring (bicyclic) bond motifs is 4. The Morgan fingerprint density at radius 3 is 2.74 bits per heavy atom. The maximum Gasteiger partial charge on any atom is 0.330 e. The average Bonchev–Trinajstić information content (AvgIpc) is 3.89. The van der Waals surface area contributed by atoms with Crippen molar-refractivity contribution in [2.24, 2.45) is 0 Å². The highest BCUT2D eigenvalue weighted by molar-refractivity contribution is 7.16. The summed E-state index contributed by atoms with van der Waals surface area (Å²) in [6.07, 6.45) is 8.54. The van der Waals surface area contributed by atoms with Gasteiger partial charge in [-0.05, 0) is 83.9 Å². The van der Waals surface area contributed by atoms with Crippen LogP contribution in [0.25, 0.3) is 22.7 Å². The standard InChI is InChI=1S/C33H39N9O3S/c1-18(22-7-5-12-39(22)2)40-13-14-41-26-30(40)36-29(37-31(26)42(32(41)43)19-9-15-44-17-19)25-20-6-3-10-33(27(20)45-38-25)11-4-8-23-24(33)21(16-34)28(35)46-23/h18-19,22H,3-15,17,35H2,1-2H3/t18-,19+,22-,33-/m0/s1. The number of hydrogen-bond donors (Lipinski definition) is 1. The minimum atomic E-state index is -0.426. The lowest BCUT2D eigenvalue weighted by atomic mass is 9.63. The van der Waals surface area contributed by atoms with Gasteiger partial charge in [-0.25, -0.2) is 14.8 Å².